The normalized spacial score (nSPS) is 19.6. The van der Waals surface area contributed by atoms with Gasteiger partial charge in [0.1, 0.15) is 11.5 Å². The molecule has 0 radical (unpaired) electrons. The third-order valence-electron chi connectivity index (χ3n) is 3.25. The molecule has 1 atom stereocenters. The van der Waals surface area contributed by atoms with Crippen molar-refractivity contribution in [3.05, 3.63) is 23.8 Å². The number of ether oxygens (including phenoxy) is 2. The summed E-state index contributed by atoms with van der Waals surface area (Å²) in [5, 5.41) is 13.2. The zero-order chi connectivity index (χ0) is 13.7. The second kappa shape index (κ2) is 6.75. The number of methoxy groups -OCH3 is 1. The first-order valence-corrected chi connectivity index (χ1v) is 6.56. The predicted molar refractivity (Wildman–Crippen MR) is 73.6 cm³/mol. The molecule has 1 unspecified atom stereocenters. The van der Waals surface area contributed by atoms with Gasteiger partial charge < -0.3 is 19.9 Å². The highest BCUT2D eigenvalue weighted by atomic mass is 16.5. The Labute approximate surface area is 114 Å². The van der Waals surface area contributed by atoms with Gasteiger partial charge in [-0.25, -0.2) is 0 Å². The van der Waals surface area contributed by atoms with Crippen molar-refractivity contribution in [2.24, 2.45) is 0 Å². The van der Waals surface area contributed by atoms with Crippen molar-refractivity contribution in [1.29, 1.82) is 0 Å². The largest absolute Gasteiger partial charge is 0.507 e. The van der Waals surface area contributed by atoms with Crippen LogP contribution in [0.15, 0.2) is 18.2 Å². The maximum atomic E-state index is 9.93. The molecular formula is C14H22N2O3. The summed E-state index contributed by atoms with van der Waals surface area (Å²) >= 11 is 0. The fraction of sp³-hybridized carbons (Fsp3) is 0.571. The Balaban J connectivity index is 1.88. The van der Waals surface area contributed by atoms with Gasteiger partial charge in [0.15, 0.2) is 0 Å². The molecule has 1 aromatic carbocycles. The van der Waals surface area contributed by atoms with Crippen LogP contribution in [0.4, 0.5) is 0 Å². The van der Waals surface area contributed by atoms with Gasteiger partial charge >= 0.3 is 0 Å². The zero-order valence-corrected chi connectivity index (χ0v) is 11.6. The minimum Gasteiger partial charge on any atom is -0.507 e. The first kappa shape index (κ1) is 14.1. The summed E-state index contributed by atoms with van der Waals surface area (Å²) in [6, 6.07) is 5.40. The molecular weight excluding hydrogens is 244 g/mol. The van der Waals surface area contributed by atoms with E-state index in [1.807, 2.05) is 19.2 Å². The fourth-order valence-electron chi connectivity index (χ4n) is 2.24. The second-order valence-corrected chi connectivity index (χ2v) is 4.89. The number of aromatic hydroxyl groups is 1. The Bertz CT molecular complexity index is 406. The van der Waals surface area contributed by atoms with Crippen molar-refractivity contribution >= 4 is 0 Å². The quantitative estimate of drug-likeness (QED) is 0.826. The average Bonchev–Trinajstić information content (AvgIpc) is 2.42. The van der Waals surface area contributed by atoms with E-state index in [-0.39, 0.29) is 11.9 Å². The molecule has 0 bridgehead atoms. The minimum atomic E-state index is 0.221. The first-order valence-electron chi connectivity index (χ1n) is 6.56. The maximum absolute atomic E-state index is 9.93. The highest BCUT2D eigenvalue weighted by Crippen LogP contribution is 2.24. The smallest absolute Gasteiger partial charge is 0.123 e. The Morgan fingerprint density at radius 2 is 2.37 bits per heavy atom. The van der Waals surface area contributed by atoms with Crippen LogP contribution < -0.4 is 10.1 Å². The minimum absolute atomic E-state index is 0.221. The summed E-state index contributed by atoms with van der Waals surface area (Å²) in [5.74, 6) is 0.942. The van der Waals surface area contributed by atoms with Gasteiger partial charge in [-0.05, 0) is 13.1 Å². The first-order chi connectivity index (χ1) is 9.19. The topological polar surface area (TPSA) is 54.0 Å². The standard InChI is InChI=1S/C14H22N2O3/c1-16(10-13-8-15-5-6-19-13)9-11-3-4-12(18-2)7-14(11)17/h3-4,7,13,15,17H,5-6,8-10H2,1-2H3. The van der Waals surface area contributed by atoms with Gasteiger partial charge in [0.2, 0.25) is 0 Å². The van der Waals surface area contributed by atoms with E-state index in [0.29, 0.717) is 12.3 Å². The molecule has 1 saturated heterocycles. The molecule has 0 aromatic heterocycles. The van der Waals surface area contributed by atoms with Crippen LogP contribution in [0.25, 0.3) is 0 Å². The third kappa shape index (κ3) is 4.09. The van der Waals surface area contributed by atoms with Crippen molar-refractivity contribution < 1.29 is 14.6 Å². The lowest BCUT2D eigenvalue weighted by Crippen LogP contribution is -2.44. The number of hydrogen-bond acceptors (Lipinski definition) is 5. The average molecular weight is 266 g/mol. The van der Waals surface area contributed by atoms with Gasteiger partial charge in [0.05, 0.1) is 19.8 Å². The molecule has 0 aliphatic carbocycles. The molecule has 1 aromatic rings. The van der Waals surface area contributed by atoms with Gasteiger partial charge in [0, 0.05) is 37.8 Å². The molecule has 0 saturated carbocycles. The predicted octanol–water partition coefficient (Wildman–Crippen LogP) is 0.821. The molecule has 2 rings (SSSR count). The van der Waals surface area contributed by atoms with Gasteiger partial charge in [-0.2, -0.15) is 0 Å². The third-order valence-corrected chi connectivity index (χ3v) is 3.25. The lowest BCUT2D eigenvalue weighted by Gasteiger charge is -2.28. The summed E-state index contributed by atoms with van der Waals surface area (Å²) in [7, 11) is 3.62. The van der Waals surface area contributed by atoms with Crippen molar-refractivity contribution in [1.82, 2.24) is 10.2 Å². The van der Waals surface area contributed by atoms with E-state index in [0.717, 1.165) is 31.8 Å². The molecule has 1 fully saturated rings. The van der Waals surface area contributed by atoms with Crippen LogP contribution in [0.5, 0.6) is 11.5 Å². The number of nitrogens with one attached hydrogen (secondary N) is 1. The van der Waals surface area contributed by atoms with Crippen LogP contribution in [0.1, 0.15) is 5.56 Å². The summed E-state index contributed by atoms with van der Waals surface area (Å²) < 4.78 is 10.7. The lowest BCUT2D eigenvalue weighted by atomic mass is 10.1. The molecule has 106 valence electrons. The van der Waals surface area contributed by atoms with E-state index >= 15 is 0 Å². The van der Waals surface area contributed by atoms with Gasteiger partial charge in [0.25, 0.3) is 0 Å². The zero-order valence-electron chi connectivity index (χ0n) is 11.6. The Morgan fingerprint density at radius 3 is 3.00 bits per heavy atom. The number of rotatable bonds is 5. The Morgan fingerprint density at radius 1 is 1.53 bits per heavy atom. The lowest BCUT2D eigenvalue weighted by molar-refractivity contribution is 0.00875. The van der Waals surface area contributed by atoms with E-state index in [2.05, 4.69) is 10.2 Å². The fourth-order valence-corrected chi connectivity index (χ4v) is 2.24. The molecule has 1 aliphatic rings. The number of nitrogens with zero attached hydrogens (tertiary/aromatic N) is 1. The molecule has 5 heteroatoms. The van der Waals surface area contributed by atoms with Crippen molar-refractivity contribution in [3.63, 3.8) is 0 Å². The summed E-state index contributed by atoms with van der Waals surface area (Å²) in [5.41, 5.74) is 0.895. The molecule has 0 spiro atoms. The van der Waals surface area contributed by atoms with E-state index in [9.17, 15) is 5.11 Å². The molecule has 1 aliphatic heterocycles. The number of phenols is 1. The van der Waals surface area contributed by atoms with Crippen LogP contribution in [0.3, 0.4) is 0 Å². The van der Waals surface area contributed by atoms with Crippen LogP contribution in [0.2, 0.25) is 0 Å². The maximum Gasteiger partial charge on any atom is 0.123 e. The molecule has 1 heterocycles. The van der Waals surface area contributed by atoms with E-state index < -0.39 is 0 Å². The molecule has 19 heavy (non-hydrogen) atoms. The number of morpholine rings is 1. The van der Waals surface area contributed by atoms with Crippen molar-refractivity contribution in [2.75, 3.05) is 40.4 Å². The summed E-state index contributed by atoms with van der Waals surface area (Å²) in [6.07, 6.45) is 0.221. The van der Waals surface area contributed by atoms with E-state index in [1.165, 1.54) is 0 Å². The second-order valence-electron chi connectivity index (χ2n) is 4.89. The van der Waals surface area contributed by atoms with Gasteiger partial charge in [-0.1, -0.05) is 6.07 Å². The highest BCUT2D eigenvalue weighted by Gasteiger charge is 2.16. The summed E-state index contributed by atoms with van der Waals surface area (Å²) in [6.45, 7) is 4.12. The van der Waals surface area contributed by atoms with Crippen LogP contribution in [0, 0.1) is 0 Å². The van der Waals surface area contributed by atoms with E-state index in [1.54, 1.807) is 13.2 Å². The van der Waals surface area contributed by atoms with Crippen molar-refractivity contribution in [3.8, 4) is 11.5 Å². The molecule has 5 nitrogen and oxygen atoms in total. The number of hydrogen-bond donors (Lipinski definition) is 2. The van der Waals surface area contributed by atoms with Crippen LogP contribution in [-0.2, 0) is 11.3 Å². The molecule has 2 N–H and O–H groups in total. The van der Waals surface area contributed by atoms with Crippen molar-refractivity contribution in [2.45, 2.75) is 12.6 Å². The monoisotopic (exact) mass is 266 g/mol. The van der Waals surface area contributed by atoms with Crippen LogP contribution >= 0.6 is 0 Å². The number of likely N-dealkylation sites (N-methyl/N-ethyl adjacent to an activating group) is 1. The summed E-state index contributed by atoms with van der Waals surface area (Å²) in [4.78, 5) is 2.15. The molecule has 0 amide bonds. The van der Waals surface area contributed by atoms with Gasteiger partial charge in [-0.3, -0.25) is 4.90 Å². The van der Waals surface area contributed by atoms with E-state index in [4.69, 9.17) is 9.47 Å². The highest BCUT2D eigenvalue weighted by molar-refractivity contribution is 5.39. The van der Waals surface area contributed by atoms with Gasteiger partial charge in [-0.15, -0.1) is 0 Å². The van der Waals surface area contributed by atoms with Crippen LogP contribution in [-0.4, -0.2) is 56.5 Å². The number of benzene rings is 1. The SMILES string of the molecule is COc1ccc(CN(C)CC2CNCCO2)c(O)c1. The number of phenolic OH excluding ortho intramolecular Hbond substituents is 1. The Kier molecular flexibility index (Phi) is 5.01. The Hall–Kier alpha value is -1.30.